The zero-order valence-corrected chi connectivity index (χ0v) is 12.9. The number of aliphatic hydroxyl groups excluding tert-OH is 2. The predicted molar refractivity (Wildman–Crippen MR) is 84.6 cm³/mol. The van der Waals surface area contributed by atoms with E-state index < -0.39 is 0 Å². The fourth-order valence-electron chi connectivity index (χ4n) is 2.29. The fraction of sp³-hybridized carbons (Fsp3) is 0.562. The van der Waals surface area contributed by atoms with Crippen molar-refractivity contribution in [3.05, 3.63) is 29.3 Å². The van der Waals surface area contributed by atoms with Crippen molar-refractivity contribution in [2.45, 2.75) is 33.1 Å². The lowest BCUT2D eigenvalue weighted by molar-refractivity contribution is 0.180. The molecule has 2 amide bonds. The van der Waals surface area contributed by atoms with Gasteiger partial charge in [0.05, 0.1) is 6.61 Å². The molecule has 0 aliphatic heterocycles. The Morgan fingerprint density at radius 1 is 1.10 bits per heavy atom. The number of rotatable bonds is 8. The van der Waals surface area contributed by atoms with Crippen molar-refractivity contribution >= 4 is 11.7 Å². The van der Waals surface area contributed by atoms with E-state index in [0.717, 1.165) is 29.7 Å². The van der Waals surface area contributed by atoms with Gasteiger partial charge >= 0.3 is 6.03 Å². The van der Waals surface area contributed by atoms with Crippen LogP contribution in [-0.2, 0) is 12.8 Å². The summed E-state index contributed by atoms with van der Waals surface area (Å²) in [6.07, 6.45) is 2.20. The Bertz CT molecular complexity index is 427. The van der Waals surface area contributed by atoms with Crippen LogP contribution in [-0.4, -0.2) is 47.4 Å². The number of carbonyl (C=O) groups is 1. The lowest BCUT2D eigenvalue weighted by atomic mass is 10.0. The first kappa shape index (κ1) is 17.5. The number of benzene rings is 1. The second-order valence-electron chi connectivity index (χ2n) is 4.88. The number of carbonyl (C=O) groups excluding carboxylic acids is 1. The first-order chi connectivity index (χ1) is 10.2. The van der Waals surface area contributed by atoms with Crippen molar-refractivity contribution in [1.82, 2.24) is 4.90 Å². The third-order valence-corrected chi connectivity index (χ3v) is 3.47. The number of urea groups is 1. The van der Waals surface area contributed by atoms with Gasteiger partial charge < -0.3 is 20.4 Å². The van der Waals surface area contributed by atoms with E-state index in [1.54, 1.807) is 0 Å². The van der Waals surface area contributed by atoms with E-state index in [0.29, 0.717) is 13.0 Å². The molecule has 0 radical (unpaired) electrons. The quantitative estimate of drug-likeness (QED) is 0.687. The molecule has 5 heteroatoms. The molecule has 0 aliphatic rings. The van der Waals surface area contributed by atoms with Gasteiger partial charge in [0, 0.05) is 25.4 Å². The summed E-state index contributed by atoms with van der Waals surface area (Å²) in [5, 5.41) is 20.9. The molecule has 0 aliphatic carbocycles. The van der Waals surface area contributed by atoms with Crippen LogP contribution in [0.4, 0.5) is 10.5 Å². The fourth-order valence-corrected chi connectivity index (χ4v) is 2.29. The van der Waals surface area contributed by atoms with Crippen LogP contribution in [0.3, 0.4) is 0 Å². The first-order valence-electron chi connectivity index (χ1n) is 7.56. The Hall–Kier alpha value is -1.59. The van der Waals surface area contributed by atoms with Crippen molar-refractivity contribution in [2.24, 2.45) is 0 Å². The third kappa shape index (κ3) is 5.02. The van der Waals surface area contributed by atoms with E-state index in [9.17, 15) is 4.79 Å². The van der Waals surface area contributed by atoms with E-state index in [2.05, 4.69) is 19.2 Å². The molecular formula is C16H26N2O3. The minimum absolute atomic E-state index is 0.0287. The van der Waals surface area contributed by atoms with E-state index in [1.807, 2.05) is 18.2 Å². The van der Waals surface area contributed by atoms with Crippen LogP contribution in [0.1, 0.15) is 31.4 Å². The highest BCUT2D eigenvalue weighted by Crippen LogP contribution is 2.23. The molecule has 21 heavy (non-hydrogen) atoms. The van der Waals surface area contributed by atoms with Crippen LogP contribution in [0.5, 0.6) is 0 Å². The van der Waals surface area contributed by atoms with Crippen molar-refractivity contribution in [3.63, 3.8) is 0 Å². The van der Waals surface area contributed by atoms with Crippen molar-refractivity contribution in [3.8, 4) is 0 Å². The molecule has 0 saturated carbocycles. The zero-order valence-electron chi connectivity index (χ0n) is 12.9. The highest BCUT2D eigenvalue weighted by molar-refractivity contribution is 5.91. The largest absolute Gasteiger partial charge is 0.396 e. The molecule has 0 saturated heterocycles. The van der Waals surface area contributed by atoms with Gasteiger partial charge in [-0.3, -0.25) is 0 Å². The molecule has 0 spiro atoms. The van der Waals surface area contributed by atoms with Gasteiger partial charge in [0.2, 0.25) is 0 Å². The predicted octanol–water partition coefficient (Wildman–Crippen LogP) is 2.02. The summed E-state index contributed by atoms with van der Waals surface area (Å²) in [6.45, 7) is 4.75. The molecule has 0 bridgehead atoms. The van der Waals surface area contributed by atoms with Gasteiger partial charge in [-0.2, -0.15) is 0 Å². The average molecular weight is 294 g/mol. The molecule has 3 N–H and O–H groups in total. The lowest BCUT2D eigenvalue weighted by Gasteiger charge is -2.23. The Morgan fingerprint density at radius 3 is 2.19 bits per heavy atom. The number of aryl methyl sites for hydroxylation is 2. The number of anilines is 1. The minimum atomic E-state index is -0.229. The molecule has 0 heterocycles. The van der Waals surface area contributed by atoms with E-state index in [4.69, 9.17) is 10.2 Å². The molecule has 5 nitrogen and oxygen atoms in total. The third-order valence-electron chi connectivity index (χ3n) is 3.47. The highest BCUT2D eigenvalue weighted by Gasteiger charge is 2.15. The molecule has 0 unspecified atom stereocenters. The second kappa shape index (κ2) is 9.37. The number of nitrogens with one attached hydrogen (secondary N) is 1. The van der Waals surface area contributed by atoms with Gasteiger partial charge in [0.1, 0.15) is 0 Å². The molecule has 0 atom stereocenters. The molecule has 0 aromatic heterocycles. The van der Waals surface area contributed by atoms with Crippen LogP contribution in [0.2, 0.25) is 0 Å². The van der Waals surface area contributed by atoms with Crippen LogP contribution < -0.4 is 5.32 Å². The Kier molecular flexibility index (Phi) is 7.79. The number of hydrogen-bond donors (Lipinski definition) is 3. The van der Waals surface area contributed by atoms with Gasteiger partial charge in [0.15, 0.2) is 0 Å². The van der Waals surface area contributed by atoms with E-state index >= 15 is 0 Å². The van der Waals surface area contributed by atoms with Gasteiger partial charge in [-0.1, -0.05) is 32.0 Å². The number of nitrogens with zero attached hydrogens (tertiary/aromatic N) is 1. The first-order valence-corrected chi connectivity index (χ1v) is 7.56. The van der Waals surface area contributed by atoms with E-state index in [-0.39, 0.29) is 25.8 Å². The highest BCUT2D eigenvalue weighted by atomic mass is 16.3. The summed E-state index contributed by atoms with van der Waals surface area (Å²) in [6, 6.07) is 5.80. The maximum atomic E-state index is 12.4. The standard InChI is InChI=1S/C16H26N2O3/c1-3-13-7-5-8-14(4-2)15(13)17-16(21)18(10-12-20)9-6-11-19/h5,7-8,19-20H,3-4,6,9-12H2,1-2H3,(H,17,21). The smallest absolute Gasteiger partial charge is 0.321 e. The van der Waals surface area contributed by atoms with Gasteiger partial charge in [0.25, 0.3) is 0 Å². The topological polar surface area (TPSA) is 72.8 Å². The summed E-state index contributed by atoms with van der Waals surface area (Å²) in [4.78, 5) is 13.9. The van der Waals surface area contributed by atoms with Crippen molar-refractivity contribution in [1.29, 1.82) is 0 Å². The normalized spacial score (nSPS) is 10.5. The number of hydrogen-bond acceptors (Lipinski definition) is 3. The summed E-state index contributed by atoms with van der Waals surface area (Å²) < 4.78 is 0. The van der Waals surface area contributed by atoms with Crippen LogP contribution >= 0.6 is 0 Å². The van der Waals surface area contributed by atoms with Gasteiger partial charge in [-0.15, -0.1) is 0 Å². The number of para-hydroxylation sites is 1. The molecule has 1 aromatic rings. The summed E-state index contributed by atoms with van der Waals surface area (Å²) in [7, 11) is 0. The summed E-state index contributed by atoms with van der Waals surface area (Å²) in [5.74, 6) is 0. The Labute approximate surface area is 126 Å². The SMILES string of the molecule is CCc1cccc(CC)c1NC(=O)N(CCO)CCCO. The van der Waals surface area contributed by atoms with Gasteiger partial charge in [-0.05, 0) is 30.4 Å². The average Bonchev–Trinajstić information content (AvgIpc) is 2.51. The monoisotopic (exact) mass is 294 g/mol. The number of aliphatic hydroxyl groups is 2. The minimum Gasteiger partial charge on any atom is -0.396 e. The molecule has 118 valence electrons. The molecule has 0 fully saturated rings. The Morgan fingerprint density at radius 2 is 1.71 bits per heavy atom. The van der Waals surface area contributed by atoms with Gasteiger partial charge in [-0.25, -0.2) is 4.79 Å². The molecule has 1 aromatic carbocycles. The van der Waals surface area contributed by atoms with Crippen molar-refractivity contribution in [2.75, 3.05) is 31.6 Å². The maximum absolute atomic E-state index is 12.4. The van der Waals surface area contributed by atoms with Crippen LogP contribution in [0, 0.1) is 0 Å². The van der Waals surface area contributed by atoms with Crippen molar-refractivity contribution < 1.29 is 15.0 Å². The second-order valence-corrected chi connectivity index (χ2v) is 4.88. The molecular weight excluding hydrogens is 268 g/mol. The summed E-state index contributed by atoms with van der Waals surface area (Å²) >= 11 is 0. The Balaban J connectivity index is 2.89. The zero-order chi connectivity index (χ0) is 15.7. The maximum Gasteiger partial charge on any atom is 0.321 e. The van der Waals surface area contributed by atoms with Crippen LogP contribution in [0.25, 0.3) is 0 Å². The van der Waals surface area contributed by atoms with E-state index in [1.165, 1.54) is 4.90 Å². The summed E-state index contributed by atoms with van der Waals surface area (Å²) in [5.41, 5.74) is 3.09. The van der Waals surface area contributed by atoms with Crippen LogP contribution in [0.15, 0.2) is 18.2 Å². The number of amides is 2. The lowest BCUT2D eigenvalue weighted by Crippen LogP contribution is -2.38. The molecule has 1 rings (SSSR count).